The molecule has 2 rings (SSSR count). The standard InChI is InChI=1S/C15H20Cl2O2/c1-14(2)8-9(15(3,4)19-14)13(18)12-10(16)6-5-7-11(12)17/h5-7,9,13,18H,8H2,1-4H3. The van der Waals surface area contributed by atoms with Gasteiger partial charge in [0, 0.05) is 21.5 Å². The minimum absolute atomic E-state index is 0.0418. The van der Waals surface area contributed by atoms with Gasteiger partial charge in [-0.1, -0.05) is 29.3 Å². The van der Waals surface area contributed by atoms with Gasteiger partial charge in [0.05, 0.1) is 17.3 Å². The number of aliphatic hydroxyl groups is 1. The van der Waals surface area contributed by atoms with Gasteiger partial charge in [0.2, 0.25) is 0 Å². The summed E-state index contributed by atoms with van der Waals surface area (Å²) >= 11 is 12.4. The zero-order valence-electron chi connectivity index (χ0n) is 11.7. The summed E-state index contributed by atoms with van der Waals surface area (Å²) in [6, 6.07) is 5.28. The van der Waals surface area contributed by atoms with Crippen LogP contribution in [0.15, 0.2) is 18.2 Å². The number of benzene rings is 1. The molecule has 0 saturated carbocycles. The van der Waals surface area contributed by atoms with Gasteiger partial charge in [-0.05, 0) is 46.2 Å². The summed E-state index contributed by atoms with van der Waals surface area (Å²) in [5, 5.41) is 11.7. The van der Waals surface area contributed by atoms with Crippen LogP contribution in [0.3, 0.4) is 0 Å². The maximum absolute atomic E-state index is 10.7. The van der Waals surface area contributed by atoms with Gasteiger partial charge in [-0.3, -0.25) is 0 Å². The van der Waals surface area contributed by atoms with Crippen molar-refractivity contribution in [3.05, 3.63) is 33.8 Å². The molecule has 4 heteroatoms. The molecule has 1 aliphatic rings. The van der Waals surface area contributed by atoms with Gasteiger partial charge in [-0.2, -0.15) is 0 Å². The molecule has 2 atom stereocenters. The first-order valence-electron chi connectivity index (χ1n) is 6.46. The van der Waals surface area contributed by atoms with E-state index in [0.29, 0.717) is 15.6 Å². The molecular formula is C15H20Cl2O2. The van der Waals surface area contributed by atoms with Crippen molar-refractivity contribution in [2.24, 2.45) is 5.92 Å². The fraction of sp³-hybridized carbons (Fsp3) is 0.600. The zero-order valence-corrected chi connectivity index (χ0v) is 13.2. The molecular weight excluding hydrogens is 283 g/mol. The summed E-state index contributed by atoms with van der Waals surface area (Å²) in [7, 11) is 0. The van der Waals surface area contributed by atoms with E-state index >= 15 is 0 Å². The highest BCUT2D eigenvalue weighted by Gasteiger charge is 2.49. The van der Waals surface area contributed by atoms with E-state index in [1.165, 1.54) is 0 Å². The van der Waals surface area contributed by atoms with E-state index in [2.05, 4.69) is 0 Å². The summed E-state index contributed by atoms with van der Waals surface area (Å²) in [4.78, 5) is 0. The van der Waals surface area contributed by atoms with Crippen molar-refractivity contribution in [3.8, 4) is 0 Å². The van der Waals surface area contributed by atoms with Crippen LogP contribution in [0.1, 0.15) is 45.8 Å². The van der Waals surface area contributed by atoms with Gasteiger partial charge in [0.25, 0.3) is 0 Å². The van der Waals surface area contributed by atoms with Gasteiger partial charge >= 0.3 is 0 Å². The number of hydrogen-bond acceptors (Lipinski definition) is 2. The van der Waals surface area contributed by atoms with E-state index in [4.69, 9.17) is 27.9 Å². The van der Waals surface area contributed by atoms with E-state index in [-0.39, 0.29) is 11.5 Å². The molecule has 0 spiro atoms. The average molecular weight is 303 g/mol. The molecule has 1 heterocycles. The highest BCUT2D eigenvalue weighted by molar-refractivity contribution is 6.36. The molecule has 2 unspecified atom stereocenters. The fourth-order valence-electron chi connectivity index (χ4n) is 3.09. The molecule has 1 fully saturated rings. The smallest absolute Gasteiger partial charge is 0.0875 e. The Morgan fingerprint density at radius 3 is 2.16 bits per heavy atom. The molecule has 1 aliphatic heterocycles. The zero-order chi connectivity index (χ0) is 14.4. The van der Waals surface area contributed by atoms with Gasteiger partial charge in [0.15, 0.2) is 0 Å². The van der Waals surface area contributed by atoms with Crippen molar-refractivity contribution >= 4 is 23.2 Å². The SMILES string of the molecule is CC1(C)CC(C(O)c2c(Cl)cccc2Cl)C(C)(C)O1. The van der Waals surface area contributed by atoms with Crippen LogP contribution in [0.2, 0.25) is 10.0 Å². The third-order valence-electron chi connectivity index (χ3n) is 3.82. The van der Waals surface area contributed by atoms with E-state index in [1.54, 1.807) is 18.2 Å². The minimum atomic E-state index is -0.724. The Morgan fingerprint density at radius 2 is 1.74 bits per heavy atom. The Labute approximate surface area is 124 Å². The van der Waals surface area contributed by atoms with Gasteiger partial charge in [0.1, 0.15) is 0 Å². The maximum atomic E-state index is 10.7. The summed E-state index contributed by atoms with van der Waals surface area (Å²) in [6.07, 6.45) is 0.0425. The summed E-state index contributed by atoms with van der Waals surface area (Å²) < 4.78 is 6.02. The molecule has 1 aromatic carbocycles. The third kappa shape index (κ3) is 2.92. The molecule has 19 heavy (non-hydrogen) atoms. The Bertz CT molecular complexity index is 463. The van der Waals surface area contributed by atoms with Crippen molar-refractivity contribution in [2.45, 2.75) is 51.4 Å². The largest absolute Gasteiger partial charge is 0.388 e. The van der Waals surface area contributed by atoms with Gasteiger partial charge in [-0.15, -0.1) is 0 Å². The predicted octanol–water partition coefficient (Wildman–Crippen LogP) is 4.62. The fourth-order valence-corrected chi connectivity index (χ4v) is 3.71. The average Bonchev–Trinajstić information content (AvgIpc) is 2.46. The second-order valence-electron chi connectivity index (χ2n) is 6.36. The van der Waals surface area contributed by atoms with Gasteiger partial charge in [-0.25, -0.2) is 0 Å². The van der Waals surface area contributed by atoms with Crippen molar-refractivity contribution in [2.75, 3.05) is 0 Å². The molecule has 0 aromatic heterocycles. The van der Waals surface area contributed by atoms with E-state index in [9.17, 15) is 5.11 Å². The van der Waals surface area contributed by atoms with Crippen LogP contribution in [0.25, 0.3) is 0 Å². The number of halogens is 2. The molecule has 0 aliphatic carbocycles. The first-order chi connectivity index (χ1) is 8.64. The molecule has 2 nitrogen and oxygen atoms in total. The van der Waals surface area contributed by atoms with Gasteiger partial charge < -0.3 is 9.84 Å². The van der Waals surface area contributed by atoms with Crippen LogP contribution in [-0.4, -0.2) is 16.3 Å². The highest BCUT2D eigenvalue weighted by Crippen LogP contribution is 2.49. The summed E-state index contributed by atoms with van der Waals surface area (Å²) in [6.45, 7) is 8.08. The molecule has 0 amide bonds. The van der Waals surface area contributed by atoms with Crippen LogP contribution in [-0.2, 0) is 4.74 Å². The Kier molecular flexibility index (Phi) is 3.92. The number of rotatable bonds is 2. The molecule has 0 bridgehead atoms. The Balaban J connectivity index is 2.37. The topological polar surface area (TPSA) is 29.5 Å². The molecule has 0 radical (unpaired) electrons. The molecule has 1 aromatic rings. The van der Waals surface area contributed by atoms with Crippen molar-refractivity contribution in [3.63, 3.8) is 0 Å². The third-order valence-corrected chi connectivity index (χ3v) is 4.48. The minimum Gasteiger partial charge on any atom is -0.388 e. The lowest BCUT2D eigenvalue weighted by atomic mass is 9.80. The highest BCUT2D eigenvalue weighted by atomic mass is 35.5. The van der Waals surface area contributed by atoms with Crippen LogP contribution in [0.4, 0.5) is 0 Å². The second kappa shape index (κ2) is 4.92. The van der Waals surface area contributed by atoms with Crippen molar-refractivity contribution in [1.29, 1.82) is 0 Å². The Morgan fingerprint density at radius 1 is 1.21 bits per heavy atom. The molecule has 1 saturated heterocycles. The quantitative estimate of drug-likeness (QED) is 0.863. The first-order valence-corrected chi connectivity index (χ1v) is 7.22. The van der Waals surface area contributed by atoms with E-state index in [1.807, 2.05) is 27.7 Å². The number of hydrogen-bond donors (Lipinski definition) is 1. The van der Waals surface area contributed by atoms with Crippen LogP contribution >= 0.6 is 23.2 Å². The lowest BCUT2D eigenvalue weighted by Gasteiger charge is -2.31. The molecule has 106 valence electrons. The lowest BCUT2D eigenvalue weighted by Crippen LogP contribution is -2.32. The maximum Gasteiger partial charge on any atom is 0.0875 e. The Hall–Kier alpha value is -0.280. The van der Waals surface area contributed by atoms with E-state index < -0.39 is 11.7 Å². The van der Waals surface area contributed by atoms with Crippen molar-refractivity contribution in [1.82, 2.24) is 0 Å². The lowest BCUT2D eigenvalue weighted by molar-refractivity contribution is -0.0880. The van der Waals surface area contributed by atoms with Crippen LogP contribution in [0.5, 0.6) is 0 Å². The normalized spacial score (nSPS) is 26.4. The monoisotopic (exact) mass is 302 g/mol. The number of ether oxygens (including phenoxy) is 1. The van der Waals surface area contributed by atoms with E-state index in [0.717, 1.165) is 6.42 Å². The van der Waals surface area contributed by atoms with Crippen LogP contribution in [0, 0.1) is 5.92 Å². The van der Waals surface area contributed by atoms with Crippen LogP contribution < -0.4 is 0 Å². The summed E-state index contributed by atoms with van der Waals surface area (Å²) in [5.41, 5.74) is -0.0564. The first kappa shape index (κ1) is 15.1. The second-order valence-corrected chi connectivity index (χ2v) is 7.17. The number of aliphatic hydroxyl groups excluding tert-OH is 1. The molecule has 1 N–H and O–H groups in total. The summed E-state index contributed by atoms with van der Waals surface area (Å²) in [5.74, 6) is -0.0418. The predicted molar refractivity (Wildman–Crippen MR) is 78.8 cm³/mol. The van der Waals surface area contributed by atoms with Crippen molar-refractivity contribution < 1.29 is 9.84 Å².